The van der Waals surface area contributed by atoms with Crippen molar-refractivity contribution in [2.45, 2.75) is 12.2 Å². The van der Waals surface area contributed by atoms with Gasteiger partial charge in [0.2, 0.25) is 5.91 Å². The Balaban J connectivity index is 3.44. The van der Waals surface area contributed by atoms with Crippen LogP contribution in [0.3, 0.4) is 0 Å². The fraction of sp³-hybridized carbons (Fsp3) is 0.500. The van der Waals surface area contributed by atoms with Gasteiger partial charge in [0, 0.05) is 23.8 Å². The van der Waals surface area contributed by atoms with Gasteiger partial charge >= 0.3 is 5.97 Å². The van der Waals surface area contributed by atoms with Crippen LogP contribution in [0.4, 0.5) is 5.69 Å². The molecule has 1 aromatic rings. The van der Waals surface area contributed by atoms with Crippen LogP contribution in [0.2, 0.25) is 0 Å². The Morgan fingerprint density at radius 3 is 2.19 bits per heavy atom. The number of hydrogen-bond acceptors (Lipinski definition) is 9. The molecule has 1 rings (SSSR count). The Hall–Kier alpha value is -0.380. The Kier molecular flexibility index (Phi) is 13.7. The summed E-state index contributed by atoms with van der Waals surface area (Å²) in [7, 11) is 3.00. The van der Waals surface area contributed by atoms with Crippen molar-refractivity contribution in [3.63, 3.8) is 0 Å². The molecule has 14 heteroatoms. The lowest BCUT2D eigenvalue weighted by molar-refractivity contribution is -0.119. The molecule has 0 saturated carbocycles. The Labute approximate surface area is 225 Å². The molecule has 180 valence electrons. The number of esters is 1. The zero-order chi connectivity index (χ0) is 24.4. The molecule has 0 saturated heterocycles. The smallest absolute Gasteiger partial charge is 0.340 e. The predicted octanol–water partition coefficient (Wildman–Crippen LogP) is -0.0946. The van der Waals surface area contributed by atoms with E-state index in [1.807, 2.05) is 67.8 Å². The number of hydrogen-bond donors (Lipinski definition) is 6. The molecule has 0 aromatic heterocycles. The molecule has 0 aliphatic carbocycles. The van der Waals surface area contributed by atoms with Gasteiger partial charge in [0.05, 0.1) is 36.7 Å². The maximum absolute atomic E-state index is 12.9. The molecule has 0 aliphatic heterocycles. The molecule has 2 amide bonds. The standard InChI is InChI=1S/C18H24I3N3O8/c1-22-3-9(27)6-32-18(30)12-13(19)11(17(29)23-4-8(26)5-25)14(20)16(15(12)21)24-10(28)7-31-2/h8-9,22,25-27H,3-7H2,1-2H3,(H,23,29)(H,24,28). The summed E-state index contributed by atoms with van der Waals surface area (Å²) in [5, 5.41) is 36.2. The lowest BCUT2D eigenvalue weighted by Gasteiger charge is -2.20. The van der Waals surface area contributed by atoms with E-state index in [0.29, 0.717) is 7.14 Å². The number of aliphatic hydroxyl groups excluding tert-OH is 3. The fourth-order valence-electron chi connectivity index (χ4n) is 2.36. The van der Waals surface area contributed by atoms with Gasteiger partial charge in [-0.2, -0.15) is 0 Å². The molecule has 6 N–H and O–H groups in total. The molecular weight excluding hydrogens is 767 g/mol. The molecule has 0 fully saturated rings. The molecule has 32 heavy (non-hydrogen) atoms. The van der Waals surface area contributed by atoms with Crippen LogP contribution in [0.15, 0.2) is 0 Å². The largest absolute Gasteiger partial charge is 0.459 e. The minimum Gasteiger partial charge on any atom is -0.459 e. The van der Waals surface area contributed by atoms with Crippen LogP contribution in [-0.4, -0.2) is 92.4 Å². The van der Waals surface area contributed by atoms with Gasteiger partial charge in [-0.15, -0.1) is 0 Å². The fourth-order valence-corrected chi connectivity index (χ4v) is 6.73. The lowest BCUT2D eigenvalue weighted by atomic mass is 10.1. The highest BCUT2D eigenvalue weighted by atomic mass is 127. The van der Waals surface area contributed by atoms with Gasteiger partial charge in [0.15, 0.2) is 0 Å². The van der Waals surface area contributed by atoms with Crippen molar-refractivity contribution in [1.82, 2.24) is 10.6 Å². The summed E-state index contributed by atoms with van der Waals surface area (Å²) >= 11 is 5.59. The third kappa shape index (κ3) is 8.44. The normalized spacial score (nSPS) is 12.8. The number of ether oxygens (including phenoxy) is 2. The van der Waals surface area contributed by atoms with Gasteiger partial charge in [-0.1, -0.05) is 0 Å². The Morgan fingerprint density at radius 1 is 1.00 bits per heavy atom. The van der Waals surface area contributed by atoms with Gasteiger partial charge in [-0.3, -0.25) is 9.59 Å². The molecule has 0 radical (unpaired) electrons. The van der Waals surface area contributed by atoms with Crippen molar-refractivity contribution < 1.29 is 39.2 Å². The number of aliphatic hydroxyl groups is 3. The van der Waals surface area contributed by atoms with Crippen molar-refractivity contribution in [1.29, 1.82) is 0 Å². The first-order valence-corrected chi connectivity index (χ1v) is 12.4. The van der Waals surface area contributed by atoms with E-state index in [4.69, 9.17) is 14.6 Å². The Morgan fingerprint density at radius 2 is 1.62 bits per heavy atom. The first-order valence-electron chi connectivity index (χ1n) is 9.15. The quantitative estimate of drug-likeness (QED) is 0.125. The number of methoxy groups -OCH3 is 1. The second-order valence-electron chi connectivity index (χ2n) is 6.40. The average molecular weight is 791 g/mol. The topological polar surface area (TPSA) is 166 Å². The van der Waals surface area contributed by atoms with Crippen LogP contribution >= 0.6 is 67.8 Å². The Bertz CT molecular complexity index is 840. The number of carbonyl (C=O) groups excluding carboxylic acids is 3. The highest BCUT2D eigenvalue weighted by Crippen LogP contribution is 2.36. The van der Waals surface area contributed by atoms with E-state index in [2.05, 4.69) is 16.0 Å². The van der Waals surface area contributed by atoms with Crippen molar-refractivity contribution in [2.75, 3.05) is 52.4 Å². The van der Waals surface area contributed by atoms with Crippen molar-refractivity contribution in [3.05, 3.63) is 21.8 Å². The molecule has 0 heterocycles. The number of benzene rings is 1. The maximum Gasteiger partial charge on any atom is 0.340 e. The van der Waals surface area contributed by atoms with Crippen LogP contribution in [0.5, 0.6) is 0 Å². The number of carbonyl (C=O) groups is 3. The SMILES string of the molecule is CNCC(O)COC(=O)c1c(I)c(NC(=O)COC)c(I)c(C(=O)NCC(O)CO)c1I. The first-order chi connectivity index (χ1) is 15.1. The number of nitrogens with one attached hydrogen (secondary N) is 3. The maximum atomic E-state index is 12.9. The van der Waals surface area contributed by atoms with Crippen LogP contribution in [0, 0.1) is 10.7 Å². The summed E-state index contributed by atoms with van der Waals surface area (Å²) in [5.74, 6) is -1.89. The first kappa shape index (κ1) is 29.7. The van der Waals surface area contributed by atoms with Gasteiger partial charge < -0.3 is 40.7 Å². The molecule has 11 nitrogen and oxygen atoms in total. The highest BCUT2D eigenvalue weighted by molar-refractivity contribution is 14.1. The molecule has 1 aromatic carbocycles. The third-order valence-electron chi connectivity index (χ3n) is 3.84. The number of likely N-dealkylation sites (N-methyl/N-ethyl adjacent to an activating group) is 1. The van der Waals surface area contributed by atoms with E-state index < -0.39 is 36.6 Å². The summed E-state index contributed by atoms with van der Waals surface area (Å²) in [5.41, 5.74) is 0.361. The van der Waals surface area contributed by atoms with Crippen molar-refractivity contribution in [2.24, 2.45) is 0 Å². The van der Waals surface area contributed by atoms with Gasteiger partial charge in [-0.05, 0) is 74.8 Å². The zero-order valence-electron chi connectivity index (χ0n) is 17.2. The second kappa shape index (κ2) is 14.8. The van der Waals surface area contributed by atoms with E-state index in [1.165, 1.54) is 7.11 Å². The number of rotatable bonds is 12. The number of amides is 2. The van der Waals surface area contributed by atoms with Gasteiger partial charge in [0.1, 0.15) is 19.3 Å². The summed E-state index contributed by atoms with van der Waals surface area (Å²) < 4.78 is 11.0. The molecule has 0 aliphatic rings. The van der Waals surface area contributed by atoms with E-state index in [-0.39, 0.29) is 46.7 Å². The van der Waals surface area contributed by atoms with E-state index in [1.54, 1.807) is 7.05 Å². The van der Waals surface area contributed by atoms with Crippen molar-refractivity contribution >= 4 is 91.2 Å². The number of anilines is 1. The van der Waals surface area contributed by atoms with E-state index in [0.717, 1.165) is 0 Å². The third-order valence-corrected chi connectivity index (χ3v) is 7.08. The molecule has 2 atom stereocenters. The monoisotopic (exact) mass is 791 g/mol. The zero-order valence-corrected chi connectivity index (χ0v) is 23.7. The number of halogens is 3. The van der Waals surface area contributed by atoms with Gasteiger partial charge in [-0.25, -0.2) is 4.79 Å². The van der Waals surface area contributed by atoms with Crippen LogP contribution in [-0.2, 0) is 14.3 Å². The molecule has 0 spiro atoms. The summed E-state index contributed by atoms with van der Waals surface area (Å²) in [6, 6.07) is 0. The van der Waals surface area contributed by atoms with Crippen LogP contribution in [0.1, 0.15) is 20.7 Å². The summed E-state index contributed by atoms with van der Waals surface area (Å²) in [4.78, 5) is 37.8. The predicted molar refractivity (Wildman–Crippen MR) is 141 cm³/mol. The van der Waals surface area contributed by atoms with Crippen LogP contribution in [0.25, 0.3) is 0 Å². The molecule has 2 unspecified atom stereocenters. The second-order valence-corrected chi connectivity index (χ2v) is 9.64. The summed E-state index contributed by atoms with van der Waals surface area (Å²) in [6.07, 6.45) is -2.08. The summed E-state index contributed by atoms with van der Waals surface area (Å²) in [6.45, 7) is -1.04. The minimum absolute atomic E-state index is 0.0452. The van der Waals surface area contributed by atoms with E-state index in [9.17, 15) is 24.6 Å². The van der Waals surface area contributed by atoms with Gasteiger partial charge in [0.25, 0.3) is 5.91 Å². The molecular formula is C18H24I3N3O8. The van der Waals surface area contributed by atoms with E-state index >= 15 is 0 Å². The van der Waals surface area contributed by atoms with Crippen molar-refractivity contribution in [3.8, 4) is 0 Å². The van der Waals surface area contributed by atoms with Crippen LogP contribution < -0.4 is 16.0 Å². The molecule has 0 bridgehead atoms. The minimum atomic E-state index is -1.16. The average Bonchev–Trinajstić information content (AvgIpc) is 2.74. The lowest BCUT2D eigenvalue weighted by Crippen LogP contribution is -2.35. The highest BCUT2D eigenvalue weighted by Gasteiger charge is 2.29.